The van der Waals surface area contributed by atoms with E-state index in [9.17, 15) is 13.2 Å². The van der Waals surface area contributed by atoms with Gasteiger partial charge in [0.05, 0.1) is 23.7 Å². The van der Waals surface area contributed by atoms with Gasteiger partial charge in [-0.2, -0.15) is 0 Å². The van der Waals surface area contributed by atoms with Gasteiger partial charge in [0.15, 0.2) is 0 Å². The summed E-state index contributed by atoms with van der Waals surface area (Å²) in [6.45, 7) is 5.45. The Bertz CT molecular complexity index is 1030. The maximum atomic E-state index is 13.2. The van der Waals surface area contributed by atoms with Gasteiger partial charge in [-0.3, -0.25) is 4.79 Å². The lowest BCUT2D eigenvalue weighted by Gasteiger charge is -2.41. The summed E-state index contributed by atoms with van der Waals surface area (Å²) in [4.78, 5) is 11.5. The predicted octanol–water partition coefficient (Wildman–Crippen LogP) is 4.01. The van der Waals surface area contributed by atoms with Crippen LogP contribution in [0, 0.1) is 0 Å². The van der Waals surface area contributed by atoms with Gasteiger partial charge < -0.3 is 14.8 Å². The van der Waals surface area contributed by atoms with Crippen LogP contribution in [0.15, 0.2) is 47.4 Å². The van der Waals surface area contributed by atoms with E-state index in [4.69, 9.17) is 9.47 Å². The fourth-order valence-corrected chi connectivity index (χ4v) is 5.04. The number of fused-ring (bicyclic) bond motifs is 1. The van der Waals surface area contributed by atoms with Crippen molar-refractivity contribution in [1.82, 2.24) is 4.72 Å². The summed E-state index contributed by atoms with van der Waals surface area (Å²) in [7, 11) is -2.41. The highest BCUT2D eigenvalue weighted by molar-refractivity contribution is 7.89. The number of para-hydroxylation sites is 1. The van der Waals surface area contributed by atoms with Crippen LogP contribution in [0.2, 0.25) is 0 Å². The summed E-state index contributed by atoms with van der Waals surface area (Å²) in [5, 5.41) is 2.61. The highest BCUT2D eigenvalue weighted by Gasteiger charge is 2.40. The van der Waals surface area contributed by atoms with Crippen molar-refractivity contribution in [2.75, 3.05) is 12.4 Å². The third-order valence-electron chi connectivity index (χ3n) is 5.58. The van der Waals surface area contributed by atoms with E-state index in [1.54, 1.807) is 0 Å². The van der Waals surface area contributed by atoms with Crippen molar-refractivity contribution in [3.8, 4) is 11.5 Å². The molecule has 0 spiro atoms. The second-order valence-electron chi connectivity index (χ2n) is 7.45. The number of sulfonamides is 1. The molecule has 3 rings (SSSR count). The molecular formula is C22H28N2O5S. The number of anilines is 1. The molecule has 2 N–H and O–H groups in total. The average Bonchev–Trinajstić information content (AvgIpc) is 2.72. The third-order valence-corrected chi connectivity index (χ3v) is 7.04. The Morgan fingerprint density at radius 3 is 2.53 bits per heavy atom. The number of hydrogen-bond donors (Lipinski definition) is 2. The number of carbonyl (C=O) groups excluding carboxylic acids is 1. The van der Waals surface area contributed by atoms with Crippen molar-refractivity contribution in [3.05, 3.63) is 48.0 Å². The van der Waals surface area contributed by atoms with E-state index in [-0.39, 0.29) is 10.8 Å². The Labute approximate surface area is 177 Å². The summed E-state index contributed by atoms with van der Waals surface area (Å²) >= 11 is 0. The molecule has 7 nitrogen and oxygen atoms in total. The standard InChI is InChI=1S/C22H28N2O5S/c1-5-22(6-2)14-19(17-9-7-8-10-20(17)29-22)24-30(26,27)16-11-12-21(28-4)18(13-16)23-15(3)25/h7-13,19,24H,5-6,14H2,1-4H3,(H,23,25). The molecule has 1 aliphatic heterocycles. The zero-order valence-electron chi connectivity index (χ0n) is 17.7. The van der Waals surface area contributed by atoms with Gasteiger partial charge in [0.1, 0.15) is 17.1 Å². The van der Waals surface area contributed by atoms with Crippen LogP contribution in [0.3, 0.4) is 0 Å². The molecule has 0 aromatic heterocycles. The molecule has 1 atom stereocenters. The molecule has 0 saturated carbocycles. The van der Waals surface area contributed by atoms with Gasteiger partial charge in [-0.1, -0.05) is 32.0 Å². The van der Waals surface area contributed by atoms with Crippen molar-refractivity contribution < 1.29 is 22.7 Å². The molecule has 1 heterocycles. The second kappa shape index (κ2) is 8.65. The number of rotatable bonds is 7. The summed E-state index contributed by atoms with van der Waals surface area (Å²) < 4.78 is 40.8. The van der Waals surface area contributed by atoms with Crippen LogP contribution in [0.4, 0.5) is 5.69 Å². The van der Waals surface area contributed by atoms with Crippen LogP contribution in [0.25, 0.3) is 0 Å². The highest BCUT2D eigenvalue weighted by Crippen LogP contribution is 2.43. The molecule has 2 aromatic carbocycles. The first kappa shape index (κ1) is 22.1. The number of nitrogens with one attached hydrogen (secondary N) is 2. The SMILES string of the molecule is CCC1(CC)CC(NS(=O)(=O)c2ccc(OC)c(NC(C)=O)c2)c2ccccc2O1. The fourth-order valence-electron chi connectivity index (χ4n) is 3.80. The molecule has 30 heavy (non-hydrogen) atoms. The molecule has 0 bridgehead atoms. The van der Waals surface area contributed by atoms with Gasteiger partial charge in [0.25, 0.3) is 0 Å². The minimum absolute atomic E-state index is 0.0506. The molecular weight excluding hydrogens is 404 g/mol. The Hall–Kier alpha value is -2.58. The Morgan fingerprint density at radius 1 is 1.20 bits per heavy atom. The summed E-state index contributed by atoms with van der Waals surface area (Å²) in [6, 6.07) is 11.5. The monoisotopic (exact) mass is 432 g/mol. The van der Waals surface area contributed by atoms with Crippen molar-refractivity contribution >= 4 is 21.6 Å². The lowest BCUT2D eigenvalue weighted by Crippen LogP contribution is -2.44. The van der Waals surface area contributed by atoms with Crippen LogP contribution < -0.4 is 19.5 Å². The van der Waals surface area contributed by atoms with Crippen LogP contribution in [-0.2, 0) is 14.8 Å². The van der Waals surface area contributed by atoms with E-state index in [1.807, 2.05) is 38.1 Å². The highest BCUT2D eigenvalue weighted by atomic mass is 32.2. The Morgan fingerprint density at radius 2 is 1.90 bits per heavy atom. The maximum Gasteiger partial charge on any atom is 0.241 e. The number of methoxy groups -OCH3 is 1. The molecule has 0 saturated heterocycles. The van der Waals surface area contributed by atoms with Gasteiger partial charge in [-0.15, -0.1) is 0 Å². The van der Waals surface area contributed by atoms with E-state index in [0.717, 1.165) is 18.4 Å². The van der Waals surface area contributed by atoms with Crippen molar-refractivity contribution in [1.29, 1.82) is 0 Å². The zero-order chi connectivity index (χ0) is 21.9. The normalized spacial score (nSPS) is 17.5. The summed E-state index contributed by atoms with van der Waals surface area (Å²) in [5.41, 5.74) is 0.689. The molecule has 8 heteroatoms. The first-order valence-electron chi connectivity index (χ1n) is 9.99. The third kappa shape index (κ3) is 4.44. The maximum absolute atomic E-state index is 13.2. The van der Waals surface area contributed by atoms with E-state index < -0.39 is 21.7 Å². The van der Waals surface area contributed by atoms with Crippen LogP contribution in [0.5, 0.6) is 11.5 Å². The van der Waals surface area contributed by atoms with Crippen LogP contribution >= 0.6 is 0 Å². The molecule has 0 aliphatic carbocycles. The molecule has 1 aliphatic rings. The largest absolute Gasteiger partial charge is 0.495 e. The van der Waals surface area contributed by atoms with Crippen LogP contribution in [0.1, 0.15) is 51.6 Å². The van der Waals surface area contributed by atoms with Gasteiger partial charge in [-0.05, 0) is 37.1 Å². The average molecular weight is 433 g/mol. The Kier molecular flexibility index (Phi) is 6.38. The number of hydrogen-bond acceptors (Lipinski definition) is 5. The van der Waals surface area contributed by atoms with Crippen LogP contribution in [-0.4, -0.2) is 27.0 Å². The minimum Gasteiger partial charge on any atom is -0.495 e. The molecule has 0 radical (unpaired) electrons. The van der Waals surface area contributed by atoms with Crippen molar-refractivity contribution in [2.24, 2.45) is 0 Å². The van der Waals surface area contributed by atoms with Gasteiger partial charge in [-0.25, -0.2) is 13.1 Å². The summed E-state index contributed by atoms with van der Waals surface area (Å²) in [6.07, 6.45) is 2.07. The number of ether oxygens (including phenoxy) is 2. The lowest BCUT2D eigenvalue weighted by atomic mass is 9.84. The first-order valence-corrected chi connectivity index (χ1v) is 11.5. The zero-order valence-corrected chi connectivity index (χ0v) is 18.5. The number of benzene rings is 2. The minimum atomic E-state index is -3.86. The fraction of sp³-hybridized carbons (Fsp3) is 0.409. The van der Waals surface area contributed by atoms with E-state index >= 15 is 0 Å². The molecule has 2 aromatic rings. The quantitative estimate of drug-likeness (QED) is 0.689. The topological polar surface area (TPSA) is 93.7 Å². The van der Waals surface area contributed by atoms with E-state index in [0.29, 0.717) is 23.6 Å². The smallest absolute Gasteiger partial charge is 0.241 e. The molecule has 1 amide bonds. The predicted molar refractivity (Wildman–Crippen MR) is 115 cm³/mol. The van der Waals surface area contributed by atoms with E-state index in [1.165, 1.54) is 32.2 Å². The number of carbonyl (C=O) groups is 1. The van der Waals surface area contributed by atoms with Gasteiger partial charge in [0.2, 0.25) is 15.9 Å². The van der Waals surface area contributed by atoms with Crippen molar-refractivity contribution in [2.45, 2.75) is 56.6 Å². The Balaban J connectivity index is 1.97. The van der Waals surface area contributed by atoms with E-state index in [2.05, 4.69) is 10.0 Å². The van der Waals surface area contributed by atoms with Gasteiger partial charge >= 0.3 is 0 Å². The summed E-state index contributed by atoms with van der Waals surface area (Å²) in [5.74, 6) is 0.773. The second-order valence-corrected chi connectivity index (χ2v) is 9.17. The molecule has 162 valence electrons. The lowest BCUT2D eigenvalue weighted by molar-refractivity contribution is -0.114. The van der Waals surface area contributed by atoms with Crippen molar-refractivity contribution in [3.63, 3.8) is 0 Å². The van der Waals surface area contributed by atoms with Gasteiger partial charge in [0, 0.05) is 18.9 Å². The number of amides is 1. The first-order chi connectivity index (χ1) is 14.2. The molecule has 1 unspecified atom stereocenters. The molecule has 0 fully saturated rings.